The van der Waals surface area contributed by atoms with Crippen LogP contribution in [0, 0.1) is 0 Å². The van der Waals surface area contributed by atoms with Gasteiger partial charge in [0.05, 0.1) is 22.0 Å². The van der Waals surface area contributed by atoms with Crippen molar-refractivity contribution in [2.75, 3.05) is 20.4 Å². The molecule has 0 unspecified atom stereocenters. The van der Waals surface area contributed by atoms with E-state index in [4.69, 9.17) is 14.3 Å². The molecule has 29 heavy (non-hydrogen) atoms. The zero-order valence-electron chi connectivity index (χ0n) is 16.4. The van der Waals surface area contributed by atoms with Gasteiger partial charge in [-0.1, -0.05) is 17.3 Å². The summed E-state index contributed by atoms with van der Waals surface area (Å²) in [6, 6.07) is 13.3. The van der Waals surface area contributed by atoms with E-state index in [2.05, 4.69) is 10.1 Å². The maximum Gasteiger partial charge on any atom is 0.263 e. The second-order valence-corrected chi connectivity index (χ2v) is 7.78. The SMILES string of the molecule is C/C(=N/OCC(=O)N(C)[C@H](C)c1nc2ccccc2s1)c1ccc2c(c1)OCO2. The second kappa shape index (κ2) is 8.08. The lowest BCUT2D eigenvalue weighted by Crippen LogP contribution is -2.32. The van der Waals surface area contributed by atoms with Crippen molar-refractivity contribution in [3.05, 3.63) is 53.0 Å². The number of hydrogen-bond acceptors (Lipinski definition) is 7. The van der Waals surface area contributed by atoms with Crippen LogP contribution >= 0.6 is 11.3 Å². The molecule has 7 nitrogen and oxygen atoms in total. The van der Waals surface area contributed by atoms with Gasteiger partial charge in [-0.2, -0.15) is 0 Å². The van der Waals surface area contributed by atoms with Crippen molar-refractivity contribution in [1.82, 2.24) is 9.88 Å². The number of para-hydroxylation sites is 1. The Morgan fingerprint density at radius 2 is 2.07 bits per heavy atom. The van der Waals surface area contributed by atoms with Crippen LogP contribution < -0.4 is 9.47 Å². The van der Waals surface area contributed by atoms with E-state index in [-0.39, 0.29) is 25.3 Å². The van der Waals surface area contributed by atoms with Gasteiger partial charge in [-0.15, -0.1) is 11.3 Å². The summed E-state index contributed by atoms with van der Waals surface area (Å²) in [5.74, 6) is 1.22. The number of carbonyl (C=O) groups is 1. The van der Waals surface area contributed by atoms with Gasteiger partial charge in [-0.25, -0.2) is 4.98 Å². The summed E-state index contributed by atoms with van der Waals surface area (Å²) in [7, 11) is 1.75. The van der Waals surface area contributed by atoms with Crippen LogP contribution in [-0.4, -0.2) is 42.0 Å². The number of benzene rings is 2. The molecule has 150 valence electrons. The Morgan fingerprint density at radius 3 is 2.90 bits per heavy atom. The summed E-state index contributed by atoms with van der Waals surface area (Å²) >= 11 is 1.59. The molecule has 0 spiro atoms. The van der Waals surface area contributed by atoms with Crippen molar-refractivity contribution >= 4 is 33.2 Å². The predicted molar refractivity (Wildman–Crippen MR) is 112 cm³/mol. The topological polar surface area (TPSA) is 73.2 Å². The molecule has 3 aromatic rings. The van der Waals surface area contributed by atoms with E-state index in [9.17, 15) is 4.79 Å². The Morgan fingerprint density at radius 1 is 1.28 bits per heavy atom. The number of ether oxygens (including phenoxy) is 2. The lowest BCUT2D eigenvalue weighted by molar-refractivity contribution is -0.136. The highest BCUT2D eigenvalue weighted by molar-refractivity contribution is 7.18. The van der Waals surface area contributed by atoms with Crippen LogP contribution in [0.2, 0.25) is 0 Å². The van der Waals surface area contributed by atoms with Crippen LogP contribution in [0.5, 0.6) is 11.5 Å². The third kappa shape index (κ3) is 4.02. The number of hydrogen-bond donors (Lipinski definition) is 0. The second-order valence-electron chi connectivity index (χ2n) is 6.72. The minimum Gasteiger partial charge on any atom is -0.454 e. The number of oxime groups is 1. The molecule has 1 atom stereocenters. The molecule has 4 rings (SSSR count). The third-order valence-electron chi connectivity index (χ3n) is 4.82. The van der Waals surface area contributed by atoms with Crippen molar-refractivity contribution in [2.24, 2.45) is 5.16 Å². The Labute approximate surface area is 172 Å². The first-order chi connectivity index (χ1) is 14.0. The molecule has 1 aromatic heterocycles. The number of aromatic nitrogens is 1. The molecule has 2 aromatic carbocycles. The molecule has 0 aliphatic carbocycles. The predicted octanol–water partition coefficient (Wildman–Crippen LogP) is 3.99. The Hall–Kier alpha value is -3.13. The number of rotatable bonds is 6. The number of carbonyl (C=O) groups excluding carboxylic acids is 1. The van der Waals surface area contributed by atoms with Crippen LogP contribution in [0.1, 0.15) is 30.5 Å². The summed E-state index contributed by atoms with van der Waals surface area (Å²) in [6.07, 6.45) is 0. The minimum atomic E-state index is -0.168. The number of nitrogens with zero attached hydrogens (tertiary/aromatic N) is 3. The van der Waals surface area contributed by atoms with Crippen molar-refractivity contribution in [3.8, 4) is 11.5 Å². The van der Waals surface area contributed by atoms with Crippen molar-refractivity contribution < 1.29 is 19.1 Å². The number of likely N-dealkylation sites (N-methyl/N-ethyl adjacent to an activating group) is 1. The van der Waals surface area contributed by atoms with Crippen LogP contribution in [0.15, 0.2) is 47.6 Å². The molecular formula is C21H21N3O4S. The molecule has 0 saturated carbocycles. The van der Waals surface area contributed by atoms with Gasteiger partial charge < -0.3 is 19.2 Å². The smallest absolute Gasteiger partial charge is 0.263 e. The van der Waals surface area contributed by atoms with Gasteiger partial charge in [0.25, 0.3) is 5.91 Å². The molecule has 1 amide bonds. The fourth-order valence-electron chi connectivity index (χ4n) is 2.91. The zero-order valence-corrected chi connectivity index (χ0v) is 17.2. The molecule has 1 aliphatic rings. The van der Waals surface area contributed by atoms with Gasteiger partial charge in [-0.3, -0.25) is 4.79 Å². The minimum absolute atomic E-state index is 0.145. The molecule has 8 heteroatoms. The number of fused-ring (bicyclic) bond motifs is 2. The first kappa shape index (κ1) is 19.2. The van der Waals surface area contributed by atoms with E-state index in [1.165, 1.54) is 0 Å². The highest BCUT2D eigenvalue weighted by atomic mass is 32.1. The summed E-state index contributed by atoms with van der Waals surface area (Å²) in [5, 5.41) is 4.96. The van der Waals surface area contributed by atoms with E-state index >= 15 is 0 Å². The zero-order chi connectivity index (χ0) is 20.4. The summed E-state index contributed by atoms with van der Waals surface area (Å²) in [5.41, 5.74) is 2.44. The average molecular weight is 411 g/mol. The highest BCUT2D eigenvalue weighted by Gasteiger charge is 2.21. The Balaban J connectivity index is 1.36. The first-order valence-corrected chi connectivity index (χ1v) is 10.0. The van der Waals surface area contributed by atoms with E-state index in [1.807, 2.05) is 56.3 Å². The van der Waals surface area contributed by atoms with Crippen molar-refractivity contribution in [2.45, 2.75) is 19.9 Å². The molecular weight excluding hydrogens is 390 g/mol. The van der Waals surface area contributed by atoms with E-state index in [1.54, 1.807) is 23.3 Å². The monoisotopic (exact) mass is 411 g/mol. The van der Waals surface area contributed by atoms with Gasteiger partial charge in [0.2, 0.25) is 6.79 Å². The van der Waals surface area contributed by atoms with Crippen LogP contribution in [0.4, 0.5) is 0 Å². The number of amides is 1. The van der Waals surface area contributed by atoms with Crippen molar-refractivity contribution in [1.29, 1.82) is 0 Å². The molecule has 0 radical (unpaired) electrons. The van der Waals surface area contributed by atoms with E-state index in [0.29, 0.717) is 17.2 Å². The van der Waals surface area contributed by atoms with Crippen LogP contribution in [0.3, 0.4) is 0 Å². The van der Waals surface area contributed by atoms with Gasteiger partial charge in [0, 0.05) is 12.6 Å². The first-order valence-electron chi connectivity index (χ1n) is 9.20. The van der Waals surface area contributed by atoms with Gasteiger partial charge >= 0.3 is 0 Å². The molecule has 0 N–H and O–H groups in total. The van der Waals surface area contributed by atoms with Gasteiger partial charge in [-0.05, 0) is 44.2 Å². The van der Waals surface area contributed by atoms with Crippen molar-refractivity contribution in [3.63, 3.8) is 0 Å². The van der Waals surface area contributed by atoms with Crippen LogP contribution in [0.25, 0.3) is 10.2 Å². The molecule has 1 aliphatic heterocycles. The fraction of sp³-hybridized carbons (Fsp3) is 0.286. The summed E-state index contributed by atoms with van der Waals surface area (Å²) < 4.78 is 11.8. The standard InChI is InChI=1S/C21H21N3O4S/c1-13(15-8-9-17-18(10-15)27-12-26-17)23-28-11-20(25)24(3)14(2)21-22-16-6-4-5-7-19(16)29-21/h4-10,14H,11-12H2,1-3H3/b23-13-/t14-/m1/s1. The molecule has 2 heterocycles. The maximum atomic E-state index is 12.5. The van der Waals surface area contributed by atoms with Gasteiger partial charge in [0.15, 0.2) is 18.1 Å². The van der Waals surface area contributed by atoms with E-state index < -0.39 is 0 Å². The highest BCUT2D eigenvalue weighted by Crippen LogP contribution is 2.32. The lowest BCUT2D eigenvalue weighted by atomic mass is 10.1. The third-order valence-corrected chi connectivity index (χ3v) is 6.03. The fourth-order valence-corrected chi connectivity index (χ4v) is 3.97. The largest absolute Gasteiger partial charge is 0.454 e. The molecule has 0 fully saturated rings. The Bertz CT molecular complexity index is 1050. The van der Waals surface area contributed by atoms with Gasteiger partial charge in [0.1, 0.15) is 5.01 Å². The molecule has 0 bridgehead atoms. The van der Waals surface area contributed by atoms with E-state index in [0.717, 1.165) is 20.8 Å². The lowest BCUT2D eigenvalue weighted by Gasteiger charge is -2.22. The van der Waals surface area contributed by atoms with Crippen LogP contribution in [-0.2, 0) is 9.63 Å². The summed E-state index contributed by atoms with van der Waals surface area (Å²) in [6.45, 7) is 3.85. The maximum absolute atomic E-state index is 12.5. The normalized spacial score (nSPS) is 14.1. The average Bonchev–Trinajstić information content (AvgIpc) is 3.38. The number of thiazole rings is 1. The summed E-state index contributed by atoms with van der Waals surface area (Å²) in [4.78, 5) is 24.1. The molecule has 0 saturated heterocycles. The Kier molecular flexibility index (Phi) is 5.35. The quantitative estimate of drug-likeness (QED) is 0.453.